The molecule has 5 aliphatic rings. The predicted molar refractivity (Wildman–Crippen MR) is 76.8 cm³/mol. The highest BCUT2D eigenvalue weighted by molar-refractivity contribution is 5.83. The van der Waals surface area contributed by atoms with Gasteiger partial charge in [0, 0.05) is 18.8 Å². The van der Waals surface area contributed by atoms with Crippen LogP contribution in [-0.4, -0.2) is 46.0 Å². The highest BCUT2D eigenvalue weighted by atomic mass is 17.3. The first kappa shape index (κ1) is 15.4. The number of fused-ring (bicyclic) bond motifs is 2. The van der Waals surface area contributed by atoms with Crippen LogP contribution < -0.4 is 0 Å². The quantitative estimate of drug-likeness (QED) is 0.775. The second kappa shape index (κ2) is 4.91. The van der Waals surface area contributed by atoms with Crippen molar-refractivity contribution >= 4 is 11.9 Å². The molecule has 0 radical (unpaired) electrons. The SMILES string of the molecule is C[C@@H]1CC[C@H]2CC(=O)N(CC(=O)O)[C@@H]3O[C@@]4(C)CC[C@@H]1[C@@]23OO4. The molecule has 4 heterocycles. The first-order valence-electron chi connectivity index (χ1n) is 8.41. The fraction of sp³-hybridized carbons (Fsp3) is 0.875. The Morgan fingerprint density at radius 2 is 2.13 bits per heavy atom. The lowest BCUT2D eigenvalue weighted by Gasteiger charge is -2.59. The minimum Gasteiger partial charge on any atom is -0.480 e. The lowest BCUT2D eigenvalue weighted by molar-refractivity contribution is -0.545. The normalized spacial score (nSPS) is 48.8. The maximum atomic E-state index is 12.5. The number of hydrogen-bond acceptors (Lipinski definition) is 5. The summed E-state index contributed by atoms with van der Waals surface area (Å²) in [6.07, 6.45) is 3.14. The summed E-state index contributed by atoms with van der Waals surface area (Å²) in [5.41, 5.74) is -0.739. The van der Waals surface area contributed by atoms with Gasteiger partial charge < -0.3 is 14.7 Å². The molecule has 1 aliphatic carbocycles. The van der Waals surface area contributed by atoms with Gasteiger partial charge in [-0.1, -0.05) is 6.92 Å². The van der Waals surface area contributed by atoms with Gasteiger partial charge in [0.2, 0.25) is 11.7 Å². The lowest BCUT2D eigenvalue weighted by atomic mass is 9.59. The van der Waals surface area contributed by atoms with Crippen LogP contribution in [0.15, 0.2) is 0 Å². The smallest absolute Gasteiger partial charge is 0.323 e. The number of piperidine rings is 1. The molecule has 1 N–H and O–H groups in total. The second-order valence-electron chi connectivity index (χ2n) is 7.64. The monoisotopic (exact) mass is 325 g/mol. The van der Waals surface area contributed by atoms with Crippen LogP contribution in [0.4, 0.5) is 0 Å². The highest BCUT2D eigenvalue weighted by Gasteiger charge is 2.69. The molecule has 0 aromatic heterocycles. The van der Waals surface area contributed by atoms with Crippen LogP contribution in [0.5, 0.6) is 0 Å². The van der Waals surface area contributed by atoms with E-state index in [1.807, 2.05) is 0 Å². The van der Waals surface area contributed by atoms with E-state index < -0.39 is 23.6 Å². The Hall–Kier alpha value is -1.18. The molecule has 0 aromatic rings. The Labute approximate surface area is 134 Å². The molecule has 2 bridgehead atoms. The average Bonchev–Trinajstić information content (AvgIpc) is 2.72. The van der Waals surface area contributed by atoms with Crippen LogP contribution in [0, 0.1) is 17.8 Å². The average molecular weight is 325 g/mol. The minimum absolute atomic E-state index is 0.0221. The highest BCUT2D eigenvalue weighted by Crippen LogP contribution is 2.59. The third-order valence-electron chi connectivity index (χ3n) is 6.22. The summed E-state index contributed by atoms with van der Waals surface area (Å²) in [7, 11) is 0. The van der Waals surface area contributed by atoms with Crippen molar-refractivity contribution in [2.45, 2.75) is 63.6 Å². The Morgan fingerprint density at radius 3 is 2.87 bits per heavy atom. The summed E-state index contributed by atoms with van der Waals surface area (Å²) in [5.74, 6) is -1.47. The van der Waals surface area contributed by atoms with Gasteiger partial charge in [-0.05, 0) is 38.0 Å². The molecule has 5 fully saturated rings. The number of carboxylic acids is 1. The maximum Gasteiger partial charge on any atom is 0.323 e. The van der Waals surface area contributed by atoms with Gasteiger partial charge in [0.05, 0.1) is 0 Å². The summed E-state index contributed by atoms with van der Waals surface area (Å²) in [4.78, 5) is 36.7. The second-order valence-corrected chi connectivity index (χ2v) is 7.64. The molecule has 4 aliphatic heterocycles. The minimum atomic E-state index is -1.04. The molecular weight excluding hydrogens is 302 g/mol. The van der Waals surface area contributed by atoms with Gasteiger partial charge in [0.1, 0.15) is 6.54 Å². The zero-order valence-electron chi connectivity index (χ0n) is 13.5. The number of nitrogens with zero attached hydrogens (tertiary/aromatic N) is 1. The summed E-state index contributed by atoms with van der Waals surface area (Å²) in [6, 6.07) is 0. The van der Waals surface area contributed by atoms with Crippen LogP contribution in [0.2, 0.25) is 0 Å². The van der Waals surface area contributed by atoms with Crippen LogP contribution in [-0.2, 0) is 24.1 Å². The number of ether oxygens (including phenoxy) is 1. The van der Waals surface area contributed by atoms with E-state index in [-0.39, 0.29) is 24.3 Å². The largest absolute Gasteiger partial charge is 0.480 e. The van der Waals surface area contributed by atoms with Crippen molar-refractivity contribution in [3.05, 3.63) is 0 Å². The van der Waals surface area contributed by atoms with Crippen molar-refractivity contribution in [2.24, 2.45) is 17.8 Å². The Balaban J connectivity index is 1.81. The molecule has 7 nitrogen and oxygen atoms in total. The van der Waals surface area contributed by atoms with Crippen LogP contribution in [0.3, 0.4) is 0 Å². The summed E-state index contributed by atoms with van der Waals surface area (Å²) in [5, 5.41) is 9.21. The van der Waals surface area contributed by atoms with E-state index in [0.717, 1.165) is 19.3 Å². The first-order chi connectivity index (χ1) is 10.9. The molecule has 1 amide bonds. The van der Waals surface area contributed by atoms with Crippen molar-refractivity contribution in [3.63, 3.8) is 0 Å². The molecule has 0 aromatic carbocycles. The van der Waals surface area contributed by atoms with Gasteiger partial charge in [-0.3, -0.25) is 9.59 Å². The Bertz CT molecular complexity index is 549. The molecular formula is C16H23NO6. The number of amides is 1. The number of carbonyl (C=O) groups is 2. The number of aliphatic carboxylic acids is 1. The topological polar surface area (TPSA) is 85.3 Å². The van der Waals surface area contributed by atoms with Crippen molar-refractivity contribution in [1.29, 1.82) is 0 Å². The number of rotatable bonds is 2. The molecule has 6 atom stereocenters. The third-order valence-corrected chi connectivity index (χ3v) is 6.22. The van der Waals surface area contributed by atoms with Crippen molar-refractivity contribution in [3.8, 4) is 0 Å². The molecule has 1 spiro atoms. The number of carbonyl (C=O) groups excluding carboxylic acids is 1. The molecule has 23 heavy (non-hydrogen) atoms. The van der Waals surface area contributed by atoms with Crippen molar-refractivity contribution < 1.29 is 29.2 Å². The van der Waals surface area contributed by atoms with E-state index in [4.69, 9.17) is 14.5 Å². The van der Waals surface area contributed by atoms with Crippen LogP contribution in [0.25, 0.3) is 0 Å². The number of carboxylic acid groups (broad SMARTS) is 1. The number of likely N-dealkylation sites (tertiary alicyclic amines) is 1. The zero-order chi connectivity index (χ0) is 16.4. The van der Waals surface area contributed by atoms with E-state index in [0.29, 0.717) is 18.8 Å². The molecule has 7 heteroatoms. The van der Waals surface area contributed by atoms with Crippen molar-refractivity contribution in [1.82, 2.24) is 4.90 Å². The molecule has 4 saturated heterocycles. The van der Waals surface area contributed by atoms with E-state index in [1.165, 1.54) is 4.90 Å². The fourth-order valence-corrected chi connectivity index (χ4v) is 5.08. The maximum absolute atomic E-state index is 12.5. The lowest BCUT2D eigenvalue weighted by Crippen LogP contribution is -2.73. The summed E-state index contributed by atoms with van der Waals surface area (Å²) < 4.78 is 6.16. The van der Waals surface area contributed by atoms with E-state index in [2.05, 4.69) is 6.92 Å². The van der Waals surface area contributed by atoms with Crippen LogP contribution >= 0.6 is 0 Å². The zero-order valence-corrected chi connectivity index (χ0v) is 13.5. The Morgan fingerprint density at radius 1 is 1.35 bits per heavy atom. The van der Waals surface area contributed by atoms with Gasteiger partial charge >= 0.3 is 5.97 Å². The molecule has 1 saturated carbocycles. The van der Waals surface area contributed by atoms with Gasteiger partial charge in [0.25, 0.3) is 0 Å². The molecule has 128 valence electrons. The molecule has 5 rings (SSSR count). The standard InChI is InChI=1S/C16H23NO6/c1-9-3-4-10-7-12(18)17(8-13(19)20)14-16(10)11(9)5-6-15(2,21-14)22-23-16/h9-11,14H,3-8H2,1-2H3,(H,19,20)/t9-,10+,11+,14-,15-,16+/m1/s1. The predicted octanol–water partition coefficient (Wildman–Crippen LogP) is 1.52. The Kier molecular flexibility index (Phi) is 3.28. The van der Waals surface area contributed by atoms with E-state index in [9.17, 15) is 14.7 Å². The van der Waals surface area contributed by atoms with E-state index >= 15 is 0 Å². The van der Waals surface area contributed by atoms with Gasteiger partial charge in [-0.2, -0.15) is 0 Å². The molecule has 0 unspecified atom stereocenters. The summed E-state index contributed by atoms with van der Waals surface area (Å²) in [6.45, 7) is 3.64. The summed E-state index contributed by atoms with van der Waals surface area (Å²) >= 11 is 0. The fourth-order valence-electron chi connectivity index (χ4n) is 5.08. The third kappa shape index (κ3) is 2.06. The number of hydrogen-bond donors (Lipinski definition) is 1. The van der Waals surface area contributed by atoms with Gasteiger partial charge in [-0.15, -0.1) is 0 Å². The van der Waals surface area contributed by atoms with Crippen molar-refractivity contribution in [2.75, 3.05) is 6.54 Å². The van der Waals surface area contributed by atoms with Crippen LogP contribution in [0.1, 0.15) is 46.0 Å². The first-order valence-corrected chi connectivity index (χ1v) is 8.41. The van der Waals surface area contributed by atoms with E-state index in [1.54, 1.807) is 6.92 Å². The van der Waals surface area contributed by atoms with Gasteiger partial charge in [-0.25, -0.2) is 9.78 Å². The van der Waals surface area contributed by atoms with Gasteiger partial charge in [0.15, 0.2) is 11.8 Å².